The Morgan fingerprint density at radius 1 is 1.10 bits per heavy atom. The molecule has 7 nitrogen and oxygen atoms in total. The van der Waals surface area contributed by atoms with Gasteiger partial charge in [0, 0.05) is 0 Å². The fraction of sp³-hybridized carbons (Fsp3) is 0.174. The number of carbonyl (C=O) groups is 2. The van der Waals surface area contributed by atoms with Gasteiger partial charge in [-0.05, 0) is 34.0 Å². The number of carbonyl (C=O) groups excluding carboxylic acids is 2. The third-order valence-corrected chi connectivity index (χ3v) is 4.73. The predicted octanol–water partition coefficient (Wildman–Crippen LogP) is 3.75. The van der Waals surface area contributed by atoms with E-state index in [2.05, 4.69) is 15.3 Å². The Morgan fingerprint density at radius 2 is 1.87 bits per heavy atom. The van der Waals surface area contributed by atoms with Crippen LogP contribution in [0.2, 0.25) is 5.02 Å². The van der Waals surface area contributed by atoms with Gasteiger partial charge >= 0.3 is 5.97 Å². The Hall–Kier alpha value is -3.58. The van der Waals surface area contributed by atoms with E-state index in [1.54, 1.807) is 12.1 Å². The summed E-state index contributed by atoms with van der Waals surface area (Å²) in [7, 11) is 2.71. The Kier molecular flexibility index (Phi) is 7.45. The zero-order chi connectivity index (χ0) is 22.2. The minimum Gasteiger partial charge on any atom is -0.493 e. The molecule has 0 aromatic heterocycles. The van der Waals surface area contributed by atoms with E-state index in [0.717, 1.165) is 16.3 Å². The maximum atomic E-state index is 12.3. The molecule has 1 N–H and O–H groups in total. The third-order valence-electron chi connectivity index (χ3n) is 4.45. The lowest BCUT2D eigenvalue weighted by atomic mass is 10.0. The van der Waals surface area contributed by atoms with E-state index in [1.165, 1.54) is 20.4 Å². The average Bonchev–Trinajstić information content (AvgIpc) is 2.78. The Labute approximate surface area is 184 Å². The number of esters is 1. The van der Waals surface area contributed by atoms with Gasteiger partial charge in [0.15, 0.2) is 18.1 Å². The van der Waals surface area contributed by atoms with Crippen molar-refractivity contribution >= 4 is 40.5 Å². The second-order valence-electron chi connectivity index (χ2n) is 6.51. The largest absolute Gasteiger partial charge is 0.493 e. The fourth-order valence-corrected chi connectivity index (χ4v) is 3.26. The molecule has 31 heavy (non-hydrogen) atoms. The number of benzene rings is 3. The van der Waals surface area contributed by atoms with Crippen molar-refractivity contribution in [2.24, 2.45) is 5.10 Å². The minimum atomic E-state index is -0.544. The summed E-state index contributed by atoms with van der Waals surface area (Å²) in [6.07, 6.45) is 1.64. The number of ether oxygens (including phenoxy) is 3. The second-order valence-corrected chi connectivity index (χ2v) is 6.91. The van der Waals surface area contributed by atoms with Gasteiger partial charge in [0.05, 0.1) is 31.9 Å². The number of amides is 1. The minimum absolute atomic E-state index is 0.197. The number of nitrogens with one attached hydrogen (secondary N) is 1. The zero-order valence-corrected chi connectivity index (χ0v) is 17.8. The van der Waals surface area contributed by atoms with Crippen molar-refractivity contribution in [3.05, 3.63) is 70.7 Å². The first-order chi connectivity index (χ1) is 15.0. The highest BCUT2D eigenvalue weighted by Crippen LogP contribution is 2.36. The molecule has 0 aliphatic heterocycles. The molecule has 0 spiro atoms. The van der Waals surface area contributed by atoms with Crippen LogP contribution in [-0.4, -0.2) is 38.9 Å². The smallest absolute Gasteiger partial charge is 0.343 e. The lowest BCUT2D eigenvalue weighted by molar-refractivity contribution is -0.142. The van der Waals surface area contributed by atoms with Gasteiger partial charge in [-0.2, -0.15) is 5.10 Å². The summed E-state index contributed by atoms with van der Waals surface area (Å²) >= 11 is 6.24. The van der Waals surface area contributed by atoms with E-state index < -0.39 is 5.97 Å². The maximum absolute atomic E-state index is 12.3. The molecule has 3 aromatic carbocycles. The standard InChI is InChI=1S/C23H21ClN2O5/c1-29-20-11-15(10-19(24)23(20)31-14-22(28)30-2)13-25-26-21(27)12-17-8-5-7-16-6-3-4-9-18(16)17/h3-11,13H,12,14H2,1-2H3,(H,26,27)/b25-13-. The van der Waals surface area contributed by atoms with Gasteiger partial charge in [-0.25, -0.2) is 10.2 Å². The lowest BCUT2D eigenvalue weighted by Crippen LogP contribution is -2.19. The first-order valence-electron chi connectivity index (χ1n) is 9.37. The van der Waals surface area contributed by atoms with E-state index in [9.17, 15) is 9.59 Å². The molecule has 0 saturated heterocycles. The number of hydrazone groups is 1. The summed E-state index contributed by atoms with van der Waals surface area (Å²) < 4.78 is 15.2. The molecule has 0 atom stereocenters. The Bertz CT molecular complexity index is 1120. The first-order valence-corrected chi connectivity index (χ1v) is 9.75. The fourth-order valence-electron chi connectivity index (χ4n) is 2.98. The van der Waals surface area contributed by atoms with Crippen molar-refractivity contribution in [1.82, 2.24) is 5.43 Å². The van der Waals surface area contributed by atoms with Crippen molar-refractivity contribution in [3.8, 4) is 11.5 Å². The van der Waals surface area contributed by atoms with E-state index in [0.29, 0.717) is 11.3 Å². The molecule has 1 amide bonds. The van der Waals surface area contributed by atoms with Crippen LogP contribution in [0.1, 0.15) is 11.1 Å². The van der Waals surface area contributed by atoms with Gasteiger partial charge in [-0.15, -0.1) is 0 Å². The molecule has 0 aliphatic carbocycles. The van der Waals surface area contributed by atoms with Crippen LogP contribution in [0.25, 0.3) is 10.8 Å². The van der Waals surface area contributed by atoms with Crippen LogP contribution in [0.3, 0.4) is 0 Å². The van der Waals surface area contributed by atoms with Gasteiger partial charge in [0.2, 0.25) is 5.91 Å². The quantitative estimate of drug-likeness (QED) is 0.327. The average molecular weight is 441 g/mol. The van der Waals surface area contributed by atoms with Crippen molar-refractivity contribution in [2.45, 2.75) is 6.42 Å². The van der Waals surface area contributed by atoms with E-state index in [1.807, 2.05) is 42.5 Å². The topological polar surface area (TPSA) is 86.2 Å². The Balaban J connectivity index is 1.66. The molecular weight excluding hydrogens is 420 g/mol. The van der Waals surface area contributed by atoms with Crippen LogP contribution in [0.15, 0.2) is 59.7 Å². The van der Waals surface area contributed by atoms with Crippen LogP contribution in [0.5, 0.6) is 11.5 Å². The normalized spacial score (nSPS) is 10.8. The third kappa shape index (κ3) is 5.73. The highest BCUT2D eigenvalue weighted by atomic mass is 35.5. The number of fused-ring (bicyclic) bond motifs is 1. The summed E-state index contributed by atoms with van der Waals surface area (Å²) in [5, 5.41) is 6.33. The van der Waals surface area contributed by atoms with Crippen molar-refractivity contribution in [3.63, 3.8) is 0 Å². The van der Waals surface area contributed by atoms with Gasteiger partial charge in [-0.3, -0.25) is 4.79 Å². The predicted molar refractivity (Wildman–Crippen MR) is 119 cm³/mol. The number of nitrogens with zero attached hydrogens (tertiary/aromatic N) is 1. The molecule has 0 radical (unpaired) electrons. The monoisotopic (exact) mass is 440 g/mol. The van der Waals surface area contributed by atoms with Gasteiger partial charge in [-0.1, -0.05) is 54.1 Å². The summed E-state index contributed by atoms with van der Waals surface area (Å²) in [6.45, 7) is -0.301. The van der Waals surface area contributed by atoms with Crippen molar-refractivity contribution < 1.29 is 23.8 Å². The summed E-state index contributed by atoms with van der Waals surface area (Å²) in [5.41, 5.74) is 4.02. The Morgan fingerprint density at radius 3 is 2.65 bits per heavy atom. The van der Waals surface area contributed by atoms with Crippen molar-refractivity contribution in [2.75, 3.05) is 20.8 Å². The van der Waals surface area contributed by atoms with Crippen LogP contribution in [-0.2, 0) is 20.7 Å². The molecule has 160 valence electrons. The first kappa shape index (κ1) is 22.1. The molecule has 0 heterocycles. The molecule has 3 rings (SSSR count). The molecule has 3 aromatic rings. The molecule has 0 saturated carbocycles. The van der Waals surface area contributed by atoms with Crippen LogP contribution < -0.4 is 14.9 Å². The number of rotatable bonds is 8. The number of hydrogen-bond donors (Lipinski definition) is 1. The van der Waals surface area contributed by atoms with Crippen LogP contribution in [0.4, 0.5) is 0 Å². The van der Waals surface area contributed by atoms with Gasteiger partial charge in [0.25, 0.3) is 0 Å². The highest BCUT2D eigenvalue weighted by Gasteiger charge is 2.14. The zero-order valence-electron chi connectivity index (χ0n) is 17.1. The molecule has 0 fully saturated rings. The van der Waals surface area contributed by atoms with Crippen LogP contribution in [0, 0.1) is 0 Å². The lowest BCUT2D eigenvalue weighted by Gasteiger charge is -2.12. The molecule has 8 heteroatoms. The van der Waals surface area contributed by atoms with Gasteiger partial charge in [0.1, 0.15) is 0 Å². The van der Waals surface area contributed by atoms with E-state index >= 15 is 0 Å². The molecular formula is C23H21ClN2O5. The summed E-state index contributed by atoms with van der Waals surface area (Å²) in [4.78, 5) is 23.6. The SMILES string of the molecule is COC(=O)COc1c(Cl)cc(/C=N\NC(=O)Cc2cccc3ccccc23)cc1OC. The van der Waals surface area contributed by atoms with E-state index in [4.69, 9.17) is 21.1 Å². The maximum Gasteiger partial charge on any atom is 0.343 e. The van der Waals surface area contributed by atoms with E-state index in [-0.39, 0.29) is 29.7 Å². The molecule has 0 bridgehead atoms. The molecule has 0 aliphatic rings. The molecule has 0 unspecified atom stereocenters. The number of methoxy groups -OCH3 is 2. The van der Waals surface area contributed by atoms with Gasteiger partial charge < -0.3 is 14.2 Å². The number of halogens is 1. The second kappa shape index (κ2) is 10.4. The van der Waals surface area contributed by atoms with Crippen LogP contribution >= 0.6 is 11.6 Å². The van der Waals surface area contributed by atoms with Crippen molar-refractivity contribution in [1.29, 1.82) is 0 Å². The number of hydrogen-bond acceptors (Lipinski definition) is 6. The highest BCUT2D eigenvalue weighted by molar-refractivity contribution is 6.32. The summed E-state index contributed by atoms with van der Waals surface area (Å²) in [5.74, 6) is -0.256. The summed E-state index contributed by atoms with van der Waals surface area (Å²) in [6, 6.07) is 16.9.